The summed E-state index contributed by atoms with van der Waals surface area (Å²) >= 11 is 0. The number of amides is 2. The summed E-state index contributed by atoms with van der Waals surface area (Å²) in [6, 6.07) is 17.5. The Balaban J connectivity index is 1.81. The Hall–Kier alpha value is -2.73. The molecule has 0 saturated heterocycles. The number of carbonyl (C=O) groups is 1. The predicted molar refractivity (Wildman–Crippen MR) is 89.4 cm³/mol. The number of benzene rings is 2. The highest BCUT2D eigenvalue weighted by Gasteiger charge is 2.10. The van der Waals surface area contributed by atoms with Crippen LogP contribution in [0.4, 0.5) is 4.79 Å². The number of carbonyl (C=O) groups excluding carboxylic acids is 1. The normalized spacial score (nSPS) is 11.0. The van der Waals surface area contributed by atoms with Crippen molar-refractivity contribution < 1.29 is 4.79 Å². The largest absolute Gasteiger partial charge is 0.332 e. The number of hydrogen-bond donors (Lipinski definition) is 2. The second kappa shape index (κ2) is 7.90. The standard InChI is InChI=1S/C19H20N2O/c1-15-9-6-7-13-18(15)16(2)21-19(22)20-14-8-12-17-10-4-3-5-11-17/h3-7,9-11,13,16H,14H2,1-2H3,(H2,20,21,22). The van der Waals surface area contributed by atoms with Crippen molar-refractivity contribution >= 4 is 6.03 Å². The van der Waals surface area contributed by atoms with Gasteiger partial charge in [-0.3, -0.25) is 0 Å². The molecular weight excluding hydrogens is 272 g/mol. The molecule has 2 amide bonds. The van der Waals surface area contributed by atoms with E-state index in [1.165, 1.54) is 5.56 Å². The Labute approximate surface area is 131 Å². The highest BCUT2D eigenvalue weighted by atomic mass is 16.2. The maximum absolute atomic E-state index is 11.9. The smallest absolute Gasteiger partial charge is 0.316 e. The third kappa shape index (κ3) is 4.68. The van der Waals surface area contributed by atoms with E-state index in [9.17, 15) is 4.79 Å². The summed E-state index contributed by atoms with van der Waals surface area (Å²) in [7, 11) is 0. The minimum absolute atomic E-state index is 0.0386. The second-order valence-corrected chi connectivity index (χ2v) is 5.07. The van der Waals surface area contributed by atoms with Crippen molar-refractivity contribution in [3.8, 4) is 11.8 Å². The van der Waals surface area contributed by atoms with Crippen LogP contribution < -0.4 is 10.6 Å². The first-order valence-corrected chi connectivity index (χ1v) is 7.30. The summed E-state index contributed by atoms with van der Waals surface area (Å²) in [4.78, 5) is 11.9. The lowest BCUT2D eigenvalue weighted by Gasteiger charge is -2.16. The summed E-state index contributed by atoms with van der Waals surface area (Å²) in [5.41, 5.74) is 3.23. The van der Waals surface area contributed by atoms with Crippen molar-refractivity contribution in [2.45, 2.75) is 19.9 Å². The van der Waals surface area contributed by atoms with Crippen molar-refractivity contribution in [3.05, 3.63) is 71.3 Å². The maximum atomic E-state index is 11.9. The van der Waals surface area contributed by atoms with Crippen LogP contribution in [0.1, 0.15) is 29.7 Å². The lowest BCUT2D eigenvalue weighted by molar-refractivity contribution is 0.239. The van der Waals surface area contributed by atoms with Gasteiger partial charge in [0.2, 0.25) is 0 Å². The Morgan fingerprint density at radius 2 is 1.77 bits per heavy atom. The molecule has 0 aliphatic carbocycles. The number of aryl methyl sites for hydroxylation is 1. The molecule has 0 radical (unpaired) electrons. The Morgan fingerprint density at radius 3 is 2.50 bits per heavy atom. The van der Waals surface area contributed by atoms with E-state index in [0.29, 0.717) is 6.54 Å². The summed E-state index contributed by atoms with van der Waals surface area (Å²) in [6.07, 6.45) is 0. The molecular formula is C19H20N2O. The minimum Gasteiger partial charge on any atom is -0.332 e. The predicted octanol–water partition coefficient (Wildman–Crippen LogP) is 3.41. The average Bonchev–Trinajstić information content (AvgIpc) is 2.53. The Bertz CT molecular complexity index is 683. The van der Waals surface area contributed by atoms with Crippen LogP contribution in [0, 0.1) is 18.8 Å². The fraction of sp³-hybridized carbons (Fsp3) is 0.211. The van der Waals surface area contributed by atoms with Gasteiger partial charge in [0.1, 0.15) is 0 Å². The number of hydrogen-bond acceptors (Lipinski definition) is 1. The van der Waals surface area contributed by atoms with E-state index in [4.69, 9.17) is 0 Å². The van der Waals surface area contributed by atoms with E-state index < -0.39 is 0 Å². The fourth-order valence-electron chi connectivity index (χ4n) is 2.19. The van der Waals surface area contributed by atoms with Gasteiger partial charge < -0.3 is 10.6 Å². The van der Waals surface area contributed by atoms with Gasteiger partial charge in [-0.1, -0.05) is 54.3 Å². The number of nitrogens with one attached hydrogen (secondary N) is 2. The van der Waals surface area contributed by atoms with Crippen molar-refractivity contribution in [1.82, 2.24) is 10.6 Å². The summed E-state index contributed by atoms with van der Waals surface area (Å²) in [6.45, 7) is 4.33. The summed E-state index contributed by atoms with van der Waals surface area (Å²) in [5.74, 6) is 5.94. The molecule has 2 rings (SSSR count). The fourth-order valence-corrected chi connectivity index (χ4v) is 2.19. The van der Waals surface area contributed by atoms with Crippen LogP contribution in [0.2, 0.25) is 0 Å². The van der Waals surface area contributed by atoms with E-state index in [2.05, 4.69) is 22.5 Å². The molecule has 0 fully saturated rings. The Morgan fingerprint density at radius 1 is 1.09 bits per heavy atom. The van der Waals surface area contributed by atoms with Crippen molar-refractivity contribution in [2.75, 3.05) is 6.54 Å². The molecule has 112 valence electrons. The van der Waals surface area contributed by atoms with Crippen LogP contribution in [-0.2, 0) is 0 Å². The van der Waals surface area contributed by atoms with Gasteiger partial charge in [0.05, 0.1) is 12.6 Å². The second-order valence-electron chi connectivity index (χ2n) is 5.07. The van der Waals surface area contributed by atoms with Crippen LogP contribution in [0.5, 0.6) is 0 Å². The summed E-state index contributed by atoms with van der Waals surface area (Å²) in [5, 5.41) is 5.67. The first kappa shape index (κ1) is 15.7. The SMILES string of the molecule is Cc1ccccc1C(C)NC(=O)NCC#Cc1ccccc1. The molecule has 2 aromatic carbocycles. The van der Waals surface area contributed by atoms with Gasteiger partial charge in [-0.15, -0.1) is 0 Å². The highest BCUT2D eigenvalue weighted by Crippen LogP contribution is 2.16. The number of urea groups is 1. The van der Waals surface area contributed by atoms with E-state index in [0.717, 1.165) is 11.1 Å². The maximum Gasteiger partial charge on any atom is 0.316 e. The lowest BCUT2D eigenvalue weighted by Crippen LogP contribution is -2.37. The van der Waals surface area contributed by atoms with Gasteiger partial charge in [0, 0.05) is 5.56 Å². The molecule has 3 nitrogen and oxygen atoms in total. The van der Waals surface area contributed by atoms with Crippen LogP contribution >= 0.6 is 0 Å². The first-order chi connectivity index (χ1) is 10.7. The average molecular weight is 292 g/mol. The monoisotopic (exact) mass is 292 g/mol. The zero-order chi connectivity index (χ0) is 15.8. The topological polar surface area (TPSA) is 41.1 Å². The first-order valence-electron chi connectivity index (χ1n) is 7.30. The molecule has 22 heavy (non-hydrogen) atoms. The lowest BCUT2D eigenvalue weighted by atomic mass is 10.0. The molecule has 0 spiro atoms. The third-order valence-electron chi connectivity index (χ3n) is 3.35. The number of rotatable bonds is 3. The van der Waals surface area contributed by atoms with Crippen LogP contribution in [-0.4, -0.2) is 12.6 Å². The molecule has 0 aromatic heterocycles. The molecule has 2 aromatic rings. The van der Waals surface area contributed by atoms with E-state index >= 15 is 0 Å². The van der Waals surface area contributed by atoms with Crippen molar-refractivity contribution in [3.63, 3.8) is 0 Å². The van der Waals surface area contributed by atoms with Gasteiger partial charge in [-0.2, -0.15) is 0 Å². The molecule has 2 N–H and O–H groups in total. The summed E-state index contributed by atoms with van der Waals surface area (Å²) < 4.78 is 0. The minimum atomic E-state index is -0.210. The van der Waals surface area contributed by atoms with Gasteiger partial charge in [-0.05, 0) is 37.1 Å². The van der Waals surface area contributed by atoms with E-state index in [1.807, 2.05) is 68.4 Å². The Kier molecular flexibility index (Phi) is 5.62. The molecule has 0 saturated carbocycles. The van der Waals surface area contributed by atoms with Crippen LogP contribution in [0.3, 0.4) is 0 Å². The van der Waals surface area contributed by atoms with Gasteiger partial charge in [0.15, 0.2) is 0 Å². The zero-order valence-corrected chi connectivity index (χ0v) is 12.9. The van der Waals surface area contributed by atoms with Crippen LogP contribution in [0.25, 0.3) is 0 Å². The molecule has 1 unspecified atom stereocenters. The molecule has 0 aliphatic rings. The van der Waals surface area contributed by atoms with Crippen LogP contribution in [0.15, 0.2) is 54.6 Å². The molecule has 0 heterocycles. The third-order valence-corrected chi connectivity index (χ3v) is 3.35. The van der Waals surface area contributed by atoms with Crippen molar-refractivity contribution in [2.24, 2.45) is 0 Å². The molecule has 0 aliphatic heterocycles. The van der Waals surface area contributed by atoms with Gasteiger partial charge >= 0.3 is 6.03 Å². The van der Waals surface area contributed by atoms with Gasteiger partial charge in [-0.25, -0.2) is 4.79 Å². The highest BCUT2D eigenvalue weighted by molar-refractivity contribution is 5.74. The molecule has 1 atom stereocenters. The van der Waals surface area contributed by atoms with E-state index in [-0.39, 0.29) is 12.1 Å². The molecule has 0 bridgehead atoms. The van der Waals surface area contributed by atoms with E-state index in [1.54, 1.807) is 0 Å². The van der Waals surface area contributed by atoms with Gasteiger partial charge in [0.25, 0.3) is 0 Å². The zero-order valence-electron chi connectivity index (χ0n) is 12.9. The molecule has 3 heteroatoms. The van der Waals surface area contributed by atoms with Crippen molar-refractivity contribution in [1.29, 1.82) is 0 Å². The quantitative estimate of drug-likeness (QED) is 0.836.